The van der Waals surface area contributed by atoms with Crippen molar-refractivity contribution in [2.75, 3.05) is 58.2 Å². The first-order valence-corrected chi connectivity index (χ1v) is 9.50. The van der Waals surface area contributed by atoms with Gasteiger partial charge < -0.3 is 25.7 Å². The second-order valence-electron chi connectivity index (χ2n) is 7.51. The molecule has 1 fully saturated rings. The minimum absolute atomic E-state index is 0.0985. The number of rotatable bonds is 6. The van der Waals surface area contributed by atoms with Gasteiger partial charge in [-0.25, -0.2) is 0 Å². The number of aliphatic hydroxyl groups is 2. The highest BCUT2D eigenvalue weighted by Gasteiger charge is 2.23. The van der Waals surface area contributed by atoms with E-state index in [9.17, 15) is 5.11 Å². The van der Waals surface area contributed by atoms with Gasteiger partial charge in [-0.2, -0.15) is 0 Å². The van der Waals surface area contributed by atoms with Crippen LogP contribution in [0, 0.1) is 13.8 Å². The molecule has 0 aliphatic carbocycles. The van der Waals surface area contributed by atoms with Crippen LogP contribution in [0.3, 0.4) is 0 Å². The van der Waals surface area contributed by atoms with Crippen molar-refractivity contribution in [1.29, 1.82) is 0 Å². The van der Waals surface area contributed by atoms with Crippen LogP contribution in [0.25, 0.3) is 6.08 Å². The zero-order valence-electron chi connectivity index (χ0n) is 16.2. The van der Waals surface area contributed by atoms with E-state index in [0.29, 0.717) is 13.1 Å². The molecular formula is C20H32N4O2. The van der Waals surface area contributed by atoms with Crippen molar-refractivity contribution >= 4 is 11.8 Å². The largest absolute Gasteiger partial charge is 0.395 e. The molecule has 0 saturated carbocycles. The van der Waals surface area contributed by atoms with Crippen molar-refractivity contribution < 1.29 is 10.2 Å². The fourth-order valence-electron chi connectivity index (χ4n) is 3.80. The van der Waals surface area contributed by atoms with Gasteiger partial charge in [0.1, 0.15) is 6.23 Å². The Balaban J connectivity index is 1.80. The minimum Gasteiger partial charge on any atom is -0.395 e. The lowest BCUT2D eigenvalue weighted by atomic mass is 9.92. The number of hydrogen-bond donors (Lipinski definition) is 4. The van der Waals surface area contributed by atoms with Gasteiger partial charge in [0.05, 0.1) is 6.61 Å². The Bertz CT molecular complexity index is 666. The average molecular weight is 361 g/mol. The van der Waals surface area contributed by atoms with Crippen molar-refractivity contribution in [1.82, 2.24) is 15.1 Å². The van der Waals surface area contributed by atoms with Crippen molar-refractivity contribution in [3.05, 3.63) is 33.9 Å². The second-order valence-corrected chi connectivity index (χ2v) is 7.51. The summed E-state index contributed by atoms with van der Waals surface area (Å²) in [5.41, 5.74) is 6.97. The lowest BCUT2D eigenvalue weighted by molar-refractivity contribution is 0.148. The highest BCUT2D eigenvalue weighted by molar-refractivity contribution is 5.77. The average Bonchev–Trinajstić information content (AvgIpc) is 2.62. The second kappa shape index (κ2) is 8.50. The number of nitrogens with one attached hydrogen (secondary N) is 2. The van der Waals surface area contributed by atoms with E-state index in [1.54, 1.807) is 0 Å². The molecule has 26 heavy (non-hydrogen) atoms. The first-order chi connectivity index (χ1) is 12.5. The molecule has 0 radical (unpaired) electrons. The summed E-state index contributed by atoms with van der Waals surface area (Å²) in [6.07, 6.45) is 1.38. The Morgan fingerprint density at radius 3 is 2.65 bits per heavy atom. The smallest absolute Gasteiger partial charge is 0.148 e. The van der Waals surface area contributed by atoms with Gasteiger partial charge in [0.25, 0.3) is 0 Å². The Hall–Kier alpha value is -1.44. The molecule has 0 bridgehead atoms. The molecule has 144 valence electrons. The van der Waals surface area contributed by atoms with Crippen LogP contribution < -0.4 is 10.6 Å². The monoisotopic (exact) mass is 360 g/mol. The van der Waals surface area contributed by atoms with Gasteiger partial charge in [-0.05, 0) is 60.9 Å². The molecule has 0 spiro atoms. The van der Waals surface area contributed by atoms with Crippen LogP contribution in [0.1, 0.15) is 22.3 Å². The molecule has 2 aliphatic heterocycles. The van der Waals surface area contributed by atoms with Gasteiger partial charge in [0, 0.05) is 51.5 Å². The molecule has 1 aromatic rings. The molecule has 1 unspecified atom stereocenters. The van der Waals surface area contributed by atoms with E-state index in [4.69, 9.17) is 5.11 Å². The van der Waals surface area contributed by atoms with Crippen LogP contribution in [0.4, 0.5) is 5.69 Å². The maximum atomic E-state index is 10.5. The molecule has 3 rings (SSSR count). The molecule has 4 N–H and O–H groups in total. The summed E-state index contributed by atoms with van der Waals surface area (Å²) in [4.78, 5) is 4.89. The fourth-order valence-corrected chi connectivity index (χ4v) is 3.80. The third kappa shape index (κ3) is 4.27. The van der Waals surface area contributed by atoms with Crippen LogP contribution in [0.5, 0.6) is 0 Å². The zero-order chi connectivity index (χ0) is 18.7. The first-order valence-electron chi connectivity index (χ1n) is 9.50. The predicted octanol–water partition coefficient (Wildman–Crippen LogP) is 0.760. The summed E-state index contributed by atoms with van der Waals surface area (Å²) in [5, 5.41) is 25.8. The molecule has 6 nitrogen and oxygen atoms in total. The number of aryl methyl sites for hydroxylation is 1. The highest BCUT2D eigenvalue weighted by Crippen LogP contribution is 2.34. The maximum absolute atomic E-state index is 10.5. The van der Waals surface area contributed by atoms with Gasteiger partial charge in [0.15, 0.2) is 0 Å². The molecule has 0 amide bonds. The zero-order valence-corrected chi connectivity index (χ0v) is 16.2. The van der Waals surface area contributed by atoms with Gasteiger partial charge in [-0.3, -0.25) is 4.90 Å². The number of nitrogens with zero attached hydrogens (tertiary/aromatic N) is 2. The summed E-state index contributed by atoms with van der Waals surface area (Å²) < 4.78 is 0. The number of hydrogen-bond acceptors (Lipinski definition) is 6. The van der Waals surface area contributed by atoms with Gasteiger partial charge in [-0.15, -0.1) is 0 Å². The SMILES string of the molecule is Cc1cc2c(c(C)c1CN1CCN(C)CC1)NC(O)C(CNCCO)=C2. The van der Waals surface area contributed by atoms with Gasteiger partial charge >= 0.3 is 0 Å². The molecule has 6 heteroatoms. The summed E-state index contributed by atoms with van der Waals surface area (Å²) >= 11 is 0. The molecule has 2 heterocycles. The summed E-state index contributed by atoms with van der Waals surface area (Å²) in [6.45, 7) is 10.9. The molecule has 1 atom stereocenters. The maximum Gasteiger partial charge on any atom is 0.148 e. The molecular weight excluding hydrogens is 328 g/mol. The number of aliphatic hydroxyl groups excluding tert-OH is 2. The van der Waals surface area contributed by atoms with Crippen LogP contribution in [0.2, 0.25) is 0 Å². The predicted molar refractivity (Wildman–Crippen MR) is 106 cm³/mol. The number of piperazine rings is 1. The van der Waals surface area contributed by atoms with Crippen LogP contribution in [-0.2, 0) is 6.54 Å². The Kier molecular flexibility index (Phi) is 6.32. The summed E-state index contributed by atoms with van der Waals surface area (Å²) in [6, 6.07) is 2.22. The van der Waals surface area contributed by atoms with E-state index in [2.05, 4.69) is 53.5 Å². The number of anilines is 1. The van der Waals surface area contributed by atoms with Gasteiger partial charge in [0.2, 0.25) is 0 Å². The van der Waals surface area contributed by atoms with E-state index in [1.807, 2.05) is 0 Å². The van der Waals surface area contributed by atoms with E-state index in [-0.39, 0.29) is 6.61 Å². The molecule has 2 aliphatic rings. The third-order valence-corrected chi connectivity index (χ3v) is 5.53. The Morgan fingerprint density at radius 2 is 1.96 bits per heavy atom. The van der Waals surface area contributed by atoms with E-state index in [1.165, 1.54) is 16.7 Å². The van der Waals surface area contributed by atoms with Crippen LogP contribution >= 0.6 is 0 Å². The summed E-state index contributed by atoms with van der Waals surface area (Å²) in [5.74, 6) is 0. The normalized spacial score (nSPS) is 21.3. The number of likely N-dealkylation sites (N-methyl/N-ethyl adjacent to an activating group) is 1. The van der Waals surface area contributed by atoms with E-state index >= 15 is 0 Å². The minimum atomic E-state index is -0.688. The number of benzene rings is 1. The highest BCUT2D eigenvalue weighted by atomic mass is 16.3. The van der Waals surface area contributed by atoms with Crippen LogP contribution in [0.15, 0.2) is 11.6 Å². The lowest BCUT2D eigenvalue weighted by Crippen LogP contribution is -2.44. The Morgan fingerprint density at radius 1 is 1.23 bits per heavy atom. The van der Waals surface area contributed by atoms with Crippen molar-refractivity contribution in [2.45, 2.75) is 26.6 Å². The third-order valence-electron chi connectivity index (χ3n) is 5.53. The summed E-state index contributed by atoms with van der Waals surface area (Å²) in [7, 11) is 2.18. The topological polar surface area (TPSA) is 71.0 Å². The quantitative estimate of drug-likeness (QED) is 0.562. The van der Waals surface area contributed by atoms with Crippen molar-refractivity contribution in [3.63, 3.8) is 0 Å². The lowest BCUT2D eigenvalue weighted by Gasteiger charge is -2.34. The van der Waals surface area contributed by atoms with Crippen LogP contribution in [-0.4, -0.2) is 79.2 Å². The first kappa shape index (κ1) is 19.3. The van der Waals surface area contributed by atoms with Crippen molar-refractivity contribution in [3.8, 4) is 0 Å². The molecule has 1 saturated heterocycles. The Labute approximate surface area is 156 Å². The van der Waals surface area contributed by atoms with Crippen molar-refractivity contribution in [2.24, 2.45) is 0 Å². The molecule has 1 aromatic carbocycles. The van der Waals surface area contributed by atoms with Gasteiger partial charge in [-0.1, -0.05) is 0 Å². The fraction of sp³-hybridized carbons (Fsp3) is 0.600. The molecule has 0 aromatic heterocycles. The number of fused-ring (bicyclic) bond motifs is 1. The van der Waals surface area contributed by atoms with E-state index < -0.39 is 6.23 Å². The standard InChI is InChI=1S/C20H32N4O2/c1-14-10-16-11-17(12-21-4-9-25)20(26)22-19(16)15(2)18(14)13-24-7-5-23(3)6-8-24/h10-11,20-22,25-26H,4-9,12-13H2,1-3H3. The van der Waals surface area contributed by atoms with E-state index in [0.717, 1.165) is 49.5 Å².